The van der Waals surface area contributed by atoms with Crippen LogP contribution in [0.25, 0.3) is 10.8 Å². The van der Waals surface area contributed by atoms with Crippen molar-refractivity contribution in [1.82, 2.24) is 16.2 Å². The van der Waals surface area contributed by atoms with E-state index in [-0.39, 0.29) is 12.6 Å². The molecule has 3 N–H and O–H groups in total. The fourth-order valence-corrected chi connectivity index (χ4v) is 3.18. The number of amides is 3. The molecule has 27 heavy (non-hydrogen) atoms. The Balaban J connectivity index is 1.43. The van der Waals surface area contributed by atoms with E-state index in [1.54, 1.807) is 6.07 Å². The number of hydrogen-bond acceptors (Lipinski definition) is 4. The van der Waals surface area contributed by atoms with Gasteiger partial charge in [0.15, 0.2) is 6.61 Å². The second-order valence-electron chi connectivity index (χ2n) is 6.58. The maximum Gasteiger partial charge on any atom is 0.327 e. The second kappa shape index (κ2) is 9.02. The quantitative estimate of drug-likeness (QED) is 0.566. The van der Waals surface area contributed by atoms with Crippen LogP contribution in [0.15, 0.2) is 42.5 Å². The summed E-state index contributed by atoms with van der Waals surface area (Å²) in [6.45, 7) is -0.279. The van der Waals surface area contributed by atoms with E-state index in [1.807, 2.05) is 36.4 Å². The minimum absolute atomic E-state index is 0.0300. The summed E-state index contributed by atoms with van der Waals surface area (Å²) in [6, 6.07) is 13.3. The van der Waals surface area contributed by atoms with Crippen molar-refractivity contribution in [2.45, 2.75) is 38.1 Å². The first-order valence-electron chi connectivity index (χ1n) is 9.14. The van der Waals surface area contributed by atoms with E-state index in [0.29, 0.717) is 5.75 Å². The monoisotopic (exact) mass is 369 g/mol. The molecule has 0 unspecified atom stereocenters. The molecular formula is C20H23N3O4. The van der Waals surface area contributed by atoms with E-state index in [9.17, 15) is 14.4 Å². The lowest BCUT2D eigenvalue weighted by atomic mass is 9.95. The molecule has 0 heterocycles. The maximum atomic E-state index is 11.9. The number of rotatable bonds is 4. The first kappa shape index (κ1) is 18.7. The zero-order valence-corrected chi connectivity index (χ0v) is 15.0. The van der Waals surface area contributed by atoms with Crippen LogP contribution in [0.3, 0.4) is 0 Å². The normalized spacial score (nSPS) is 14.4. The van der Waals surface area contributed by atoms with Crippen LogP contribution in [0.1, 0.15) is 32.1 Å². The van der Waals surface area contributed by atoms with Crippen LogP contribution in [-0.4, -0.2) is 30.4 Å². The molecule has 0 aromatic heterocycles. The fourth-order valence-electron chi connectivity index (χ4n) is 3.18. The van der Waals surface area contributed by atoms with E-state index < -0.39 is 17.7 Å². The van der Waals surface area contributed by atoms with Gasteiger partial charge in [0.05, 0.1) is 0 Å². The maximum absolute atomic E-state index is 11.9. The van der Waals surface area contributed by atoms with Crippen molar-refractivity contribution in [2.24, 2.45) is 0 Å². The average molecular weight is 369 g/mol. The molecule has 0 spiro atoms. The standard InChI is InChI=1S/C20H23N3O4/c24-18(13-27-17-12-6-8-14-7-4-5-11-16(14)17)22-23-20(26)19(25)21-15-9-2-1-3-10-15/h4-8,11-12,15H,1-3,9-10,13H2,(H,21,25)(H,22,24)(H,23,26). The second-order valence-corrected chi connectivity index (χ2v) is 6.58. The molecule has 1 fully saturated rings. The third kappa shape index (κ3) is 5.20. The third-order valence-corrected chi connectivity index (χ3v) is 4.57. The van der Waals surface area contributed by atoms with Crippen molar-refractivity contribution in [3.63, 3.8) is 0 Å². The number of hydrogen-bond donors (Lipinski definition) is 3. The van der Waals surface area contributed by atoms with Crippen LogP contribution < -0.4 is 20.9 Å². The highest BCUT2D eigenvalue weighted by Crippen LogP contribution is 2.24. The molecule has 0 atom stereocenters. The minimum Gasteiger partial charge on any atom is -0.483 e. The highest BCUT2D eigenvalue weighted by Gasteiger charge is 2.20. The molecule has 7 nitrogen and oxygen atoms in total. The summed E-state index contributed by atoms with van der Waals surface area (Å²) in [7, 11) is 0. The molecule has 1 aliphatic rings. The molecule has 3 rings (SSSR count). The van der Waals surface area contributed by atoms with E-state index in [0.717, 1.165) is 42.9 Å². The lowest BCUT2D eigenvalue weighted by Crippen LogP contribution is -2.51. The molecule has 0 saturated heterocycles. The first-order valence-corrected chi connectivity index (χ1v) is 9.14. The van der Waals surface area contributed by atoms with Crippen molar-refractivity contribution in [1.29, 1.82) is 0 Å². The Morgan fingerprint density at radius 2 is 1.63 bits per heavy atom. The molecule has 0 radical (unpaired) electrons. The number of hydrazine groups is 1. The summed E-state index contributed by atoms with van der Waals surface area (Å²) in [5.41, 5.74) is 4.31. The summed E-state index contributed by atoms with van der Waals surface area (Å²) in [5.74, 6) is -1.61. The Kier molecular flexibility index (Phi) is 6.25. The largest absolute Gasteiger partial charge is 0.483 e. The van der Waals surface area contributed by atoms with Gasteiger partial charge in [0.25, 0.3) is 5.91 Å². The van der Waals surface area contributed by atoms with Crippen molar-refractivity contribution < 1.29 is 19.1 Å². The van der Waals surface area contributed by atoms with Gasteiger partial charge in [-0.2, -0.15) is 0 Å². The van der Waals surface area contributed by atoms with Gasteiger partial charge in [-0.3, -0.25) is 25.2 Å². The predicted molar refractivity (Wildman–Crippen MR) is 101 cm³/mol. The predicted octanol–water partition coefficient (Wildman–Crippen LogP) is 1.81. The summed E-state index contributed by atoms with van der Waals surface area (Å²) < 4.78 is 5.53. The van der Waals surface area contributed by atoms with Gasteiger partial charge in [-0.15, -0.1) is 0 Å². The van der Waals surface area contributed by atoms with Crippen LogP contribution in [0.2, 0.25) is 0 Å². The zero-order chi connectivity index (χ0) is 19.1. The number of carbonyl (C=O) groups excluding carboxylic acids is 3. The Bertz CT molecular complexity index is 826. The van der Waals surface area contributed by atoms with Crippen LogP contribution in [0, 0.1) is 0 Å². The average Bonchev–Trinajstić information content (AvgIpc) is 2.71. The number of benzene rings is 2. The number of fused-ring (bicyclic) bond motifs is 1. The molecule has 2 aromatic rings. The molecule has 1 aliphatic carbocycles. The fraction of sp³-hybridized carbons (Fsp3) is 0.350. The summed E-state index contributed by atoms with van der Waals surface area (Å²) in [6.07, 6.45) is 5.02. The third-order valence-electron chi connectivity index (χ3n) is 4.57. The molecule has 0 aliphatic heterocycles. The van der Waals surface area contributed by atoms with Gasteiger partial charge in [-0.05, 0) is 24.3 Å². The topological polar surface area (TPSA) is 96.5 Å². The molecule has 1 saturated carbocycles. The lowest BCUT2D eigenvalue weighted by molar-refractivity contribution is -0.141. The lowest BCUT2D eigenvalue weighted by Gasteiger charge is -2.22. The van der Waals surface area contributed by atoms with E-state index in [2.05, 4.69) is 16.2 Å². The Morgan fingerprint density at radius 3 is 2.44 bits per heavy atom. The molecular weight excluding hydrogens is 346 g/mol. The van der Waals surface area contributed by atoms with E-state index >= 15 is 0 Å². The van der Waals surface area contributed by atoms with Crippen molar-refractivity contribution in [2.75, 3.05) is 6.61 Å². The van der Waals surface area contributed by atoms with Gasteiger partial charge in [-0.25, -0.2) is 0 Å². The highest BCUT2D eigenvalue weighted by molar-refractivity contribution is 6.35. The summed E-state index contributed by atoms with van der Waals surface area (Å²) in [5, 5.41) is 4.58. The SMILES string of the molecule is O=C(COc1cccc2ccccc12)NNC(=O)C(=O)NC1CCCCC1. The molecule has 7 heteroatoms. The Labute approximate surface area is 157 Å². The van der Waals surface area contributed by atoms with Gasteiger partial charge in [0, 0.05) is 11.4 Å². The van der Waals surface area contributed by atoms with Crippen LogP contribution >= 0.6 is 0 Å². The van der Waals surface area contributed by atoms with Crippen LogP contribution in [0.5, 0.6) is 5.75 Å². The van der Waals surface area contributed by atoms with Gasteiger partial charge < -0.3 is 10.1 Å². The number of carbonyl (C=O) groups is 3. The molecule has 2 aromatic carbocycles. The number of nitrogens with one attached hydrogen (secondary N) is 3. The summed E-state index contributed by atoms with van der Waals surface area (Å²) in [4.78, 5) is 35.5. The van der Waals surface area contributed by atoms with Gasteiger partial charge in [-0.1, -0.05) is 55.7 Å². The zero-order valence-electron chi connectivity index (χ0n) is 15.0. The van der Waals surface area contributed by atoms with Gasteiger partial charge in [0.1, 0.15) is 5.75 Å². The minimum atomic E-state index is -0.890. The van der Waals surface area contributed by atoms with Gasteiger partial charge >= 0.3 is 11.8 Å². The van der Waals surface area contributed by atoms with Crippen molar-refractivity contribution >= 4 is 28.5 Å². The van der Waals surface area contributed by atoms with E-state index in [4.69, 9.17) is 4.74 Å². The van der Waals surface area contributed by atoms with Gasteiger partial charge in [0.2, 0.25) is 0 Å². The Hall–Kier alpha value is -3.09. The first-order chi connectivity index (χ1) is 13.1. The van der Waals surface area contributed by atoms with Crippen molar-refractivity contribution in [3.8, 4) is 5.75 Å². The van der Waals surface area contributed by atoms with Crippen molar-refractivity contribution in [3.05, 3.63) is 42.5 Å². The smallest absolute Gasteiger partial charge is 0.327 e. The Morgan fingerprint density at radius 1 is 0.889 bits per heavy atom. The van der Waals surface area contributed by atoms with E-state index in [1.165, 1.54) is 0 Å². The molecule has 0 bridgehead atoms. The molecule has 3 amide bonds. The summed E-state index contributed by atoms with van der Waals surface area (Å²) >= 11 is 0. The van der Waals surface area contributed by atoms with Crippen LogP contribution in [-0.2, 0) is 14.4 Å². The highest BCUT2D eigenvalue weighted by atomic mass is 16.5. The number of ether oxygens (including phenoxy) is 1. The molecule has 142 valence electrons. The van der Waals surface area contributed by atoms with Crippen LogP contribution in [0.4, 0.5) is 0 Å².